The molecule has 0 bridgehead atoms. The summed E-state index contributed by atoms with van der Waals surface area (Å²) in [6, 6.07) is 3.89. The van der Waals surface area contributed by atoms with Gasteiger partial charge in [-0.3, -0.25) is 4.40 Å². The number of anilines is 1. The van der Waals surface area contributed by atoms with E-state index in [9.17, 15) is 9.90 Å². The Morgan fingerprint density at radius 1 is 1.35 bits per heavy atom. The molecule has 106 valence electrons. The molecule has 0 unspecified atom stereocenters. The molecular weight excluding hydrogens is 256 g/mol. The van der Waals surface area contributed by atoms with E-state index in [0.717, 1.165) is 38.3 Å². The largest absolute Gasteiger partial charge is 0.477 e. The summed E-state index contributed by atoms with van der Waals surface area (Å²) in [4.78, 5) is 17.9. The van der Waals surface area contributed by atoms with Crippen LogP contribution in [0, 0.1) is 6.92 Å². The van der Waals surface area contributed by atoms with Gasteiger partial charge in [0.1, 0.15) is 5.65 Å². The van der Waals surface area contributed by atoms with Crippen LogP contribution in [-0.4, -0.2) is 46.6 Å². The average Bonchev–Trinajstić information content (AvgIpc) is 2.61. The zero-order valence-electron chi connectivity index (χ0n) is 11.5. The van der Waals surface area contributed by atoms with Crippen molar-refractivity contribution in [1.29, 1.82) is 0 Å². The minimum absolute atomic E-state index is 0.245. The SMILES string of the molecule is Cc1nc2ccc(N3CCCNCC3)cn2c1C(=O)O. The number of hydrogen-bond donors (Lipinski definition) is 2. The number of rotatable bonds is 2. The second-order valence-corrected chi connectivity index (χ2v) is 5.06. The molecule has 6 heteroatoms. The van der Waals surface area contributed by atoms with Gasteiger partial charge in [0.05, 0.1) is 11.4 Å². The van der Waals surface area contributed by atoms with E-state index in [1.165, 1.54) is 0 Å². The van der Waals surface area contributed by atoms with Crippen molar-refractivity contribution in [3.63, 3.8) is 0 Å². The molecule has 1 saturated heterocycles. The quantitative estimate of drug-likeness (QED) is 0.859. The molecular formula is C14H18N4O2. The zero-order valence-corrected chi connectivity index (χ0v) is 11.5. The highest BCUT2D eigenvalue weighted by atomic mass is 16.4. The number of aromatic carboxylic acids is 1. The van der Waals surface area contributed by atoms with Crippen LogP contribution >= 0.6 is 0 Å². The van der Waals surface area contributed by atoms with Crippen molar-refractivity contribution in [3.05, 3.63) is 29.7 Å². The van der Waals surface area contributed by atoms with Gasteiger partial charge in [-0.15, -0.1) is 0 Å². The number of aryl methyl sites for hydroxylation is 1. The highest BCUT2D eigenvalue weighted by Crippen LogP contribution is 2.19. The lowest BCUT2D eigenvalue weighted by molar-refractivity contribution is 0.0688. The fraction of sp³-hybridized carbons (Fsp3) is 0.429. The van der Waals surface area contributed by atoms with E-state index in [4.69, 9.17) is 0 Å². The van der Waals surface area contributed by atoms with Crippen LogP contribution in [-0.2, 0) is 0 Å². The van der Waals surface area contributed by atoms with Gasteiger partial charge in [0.25, 0.3) is 0 Å². The first-order chi connectivity index (χ1) is 9.66. The van der Waals surface area contributed by atoms with Gasteiger partial charge in [-0.25, -0.2) is 9.78 Å². The van der Waals surface area contributed by atoms with Crippen molar-refractivity contribution in [2.45, 2.75) is 13.3 Å². The molecule has 0 aliphatic carbocycles. The lowest BCUT2D eigenvalue weighted by atomic mass is 10.3. The third-order valence-corrected chi connectivity index (χ3v) is 3.69. The Morgan fingerprint density at radius 3 is 3.00 bits per heavy atom. The van der Waals surface area contributed by atoms with Crippen molar-refractivity contribution in [1.82, 2.24) is 14.7 Å². The Morgan fingerprint density at radius 2 is 2.20 bits per heavy atom. The van der Waals surface area contributed by atoms with Gasteiger partial charge in [-0.05, 0) is 32.0 Å². The Balaban J connectivity index is 2.04. The van der Waals surface area contributed by atoms with Crippen LogP contribution in [0.1, 0.15) is 22.6 Å². The molecule has 2 N–H and O–H groups in total. The number of carboxylic acid groups (broad SMARTS) is 1. The molecule has 6 nitrogen and oxygen atoms in total. The minimum atomic E-state index is -0.940. The topological polar surface area (TPSA) is 69.9 Å². The first-order valence-corrected chi connectivity index (χ1v) is 6.84. The van der Waals surface area contributed by atoms with E-state index in [-0.39, 0.29) is 5.69 Å². The summed E-state index contributed by atoms with van der Waals surface area (Å²) < 4.78 is 1.67. The van der Waals surface area contributed by atoms with Gasteiger partial charge < -0.3 is 15.3 Å². The van der Waals surface area contributed by atoms with Crippen molar-refractivity contribution >= 4 is 17.3 Å². The Bertz CT molecular complexity index is 642. The smallest absolute Gasteiger partial charge is 0.354 e. The van der Waals surface area contributed by atoms with Crippen molar-refractivity contribution < 1.29 is 9.90 Å². The predicted molar refractivity (Wildman–Crippen MR) is 76.6 cm³/mol. The fourth-order valence-corrected chi connectivity index (χ4v) is 2.70. The summed E-state index contributed by atoms with van der Waals surface area (Å²) in [5.41, 5.74) is 2.51. The number of fused-ring (bicyclic) bond motifs is 1. The van der Waals surface area contributed by atoms with Gasteiger partial charge in [0.15, 0.2) is 5.69 Å². The third kappa shape index (κ3) is 2.22. The summed E-state index contributed by atoms with van der Waals surface area (Å²) in [6.07, 6.45) is 2.97. The summed E-state index contributed by atoms with van der Waals surface area (Å²) >= 11 is 0. The number of carbonyl (C=O) groups is 1. The van der Waals surface area contributed by atoms with Crippen LogP contribution in [0.3, 0.4) is 0 Å². The van der Waals surface area contributed by atoms with Gasteiger partial charge in [-0.1, -0.05) is 0 Å². The molecule has 3 rings (SSSR count). The molecule has 1 fully saturated rings. The summed E-state index contributed by atoms with van der Waals surface area (Å²) in [5.74, 6) is -0.940. The monoisotopic (exact) mass is 274 g/mol. The number of carboxylic acids is 1. The highest BCUT2D eigenvalue weighted by Gasteiger charge is 2.17. The van der Waals surface area contributed by atoms with Crippen LogP contribution in [0.2, 0.25) is 0 Å². The molecule has 0 amide bonds. The Kier molecular flexibility index (Phi) is 3.31. The van der Waals surface area contributed by atoms with E-state index in [1.54, 1.807) is 11.3 Å². The highest BCUT2D eigenvalue weighted by molar-refractivity contribution is 5.88. The third-order valence-electron chi connectivity index (χ3n) is 3.69. The van der Waals surface area contributed by atoms with Crippen molar-refractivity contribution in [3.8, 4) is 0 Å². The standard InChI is InChI=1S/C14H18N4O2/c1-10-13(14(19)20)18-9-11(3-4-12(18)16-10)17-7-2-5-15-6-8-17/h3-4,9,15H,2,5-8H2,1H3,(H,19,20). The van der Waals surface area contributed by atoms with Crippen LogP contribution in [0.25, 0.3) is 5.65 Å². The second kappa shape index (κ2) is 5.13. The Hall–Kier alpha value is -2.08. The second-order valence-electron chi connectivity index (χ2n) is 5.06. The van der Waals surface area contributed by atoms with E-state index < -0.39 is 5.97 Å². The van der Waals surface area contributed by atoms with Crippen molar-refractivity contribution in [2.24, 2.45) is 0 Å². The maximum Gasteiger partial charge on any atom is 0.354 e. The summed E-state index contributed by atoms with van der Waals surface area (Å²) in [5, 5.41) is 12.7. The molecule has 1 aliphatic heterocycles. The van der Waals surface area contributed by atoms with E-state index >= 15 is 0 Å². The molecule has 0 spiro atoms. The van der Waals surface area contributed by atoms with Crippen LogP contribution in [0.5, 0.6) is 0 Å². The van der Waals surface area contributed by atoms with Crippen LogP contribution < -0.4 is 10.2 Å². The van der Waals surface area contributed by atoms with Gasteiger partial charge >= 0.3 is 5.97 Å². The molecule has 0 atom stereocenters. The zero-order chi connectivity index (χ0) is 14.1. The fourth-order valence-electron chi connectivity index (χ4n) is 2.70. The Labute approximate surface area is 117 Å². The lowest BCUT2D eigenvalue weighted by Crippen LogP contribution is -2.28. The van der Waals surface area contributed by atoms with Crippen LogP contribution in [0.4, 0.5) is 5.69 Å². The predicted octanol–water partition coefficient (Wildman–Crippen LogP) is 1.14. The molecule has 0 saturated carbocycles. The molecule has 1 aliphatic rings. The molecule has 20 heavy (non-hydrogen) atoms. The van der Waals surface area contributed by atoms with E-state index in [1.807, 2.05) is 18.3 Å². The average molecular weight is 274 g/mol. The molecule has 3 heterocycles. The van der Waals surface area contributed by atoms with Gasteiger partial charge in [-0.2, -0.15) is 0 Å². The number of pyridine rings is 1. The molecule has 2 aromatic heterocycles. The number of aromatic nitrogens is 2. The normalized spacial score (nSPS) is 16.4. The van der Waals surface area contributed by atoms with Gasteiger partial charge in [0.2, 0.25) is 0 Å². The van der Waals surface area contributed by atoms with E-state index in [2.05, 4.69) is 15.2 Å². The van der Waals surface area contributed by atoms with Crippen molar-refractivity contribution in [2.75, 3.05) is 31.1 Å². The summed E-state index contributed by atoms with van der Waals surface area (Å²) in [7, 11) is 0. The lowest BCUT2D eigenvalue weighted by Gasteiger charge is -2.22. The number of hydrogen-bond acceptors (Lipinski definition) is 4. The van der Waals surface area contributed by atoms with E-state index in [0.29, 0.717) is 11.3 Å². The molecule has 0 aromatic carbocycles. The molecule has 0 radical (unpaired) electrons. The first kappa shape index (κ1) is 12.9. The number of nitrogens with zero attached hydrogens (tertiary/aromatic N) is 3. The minimum Gasteiger partial charge on any atom is -0.477 e. The molecule has 2 aromatic rings. The van der Waals surface area contributed by atoms with Gasteiger partial charge in [0, 0.05) is 25.8 Å². The maximum atomic E-state index is 11.4. The maximum absolute atomic E-state index is 11.4. The number of nitrogens with one attached hydrogen (secondary N) is 1. The summed E-state index contributed by atoms with van der Waals surface area (Å²) in [6.45, 7) is 5.62. The van der Waals surface area contributed by atoms with Crippen LogP contribution in [0.15, 0.2) is 18.3 Å². The first-order valence-electron chi connectivity index (χ1n) is 6.84. The number of imidazole rings is 1.